The lowest BCUT2D eigenvalue weighted by Gasteiger charge is -2.51. The van der Waals surface area contributed by atoms with Crippen LogP contribution in [0.3, 0.4) is 0 Å². The molecule has 1 heterocycles. The molecule has 2 N–H and O–H groups in total. The molecule has 0 aliphatic carbocycles. The summed E-state index contributed by atoms with van der Waals surface area (Å²) in [6.07, 6.45) is 0.401. The molecule has 34 heavy (non-hydrogen) atoms. The number of rotatable bonds is 6. The van der Waals surface area contributed by atoms with Gasteiger partial charge in [-0.15, -0.1) is 0 Å². The predicted molar refractivity (Wildman–Crippen MR) is 133 cm³/mol. The van der Waals surface area contributed by atoms with Gasteiger partial charge in [0.15, 0.2) is 5.78 Å². The van der Waals surface area contributed by atoms with E-state index in [2.05, 4.69) is 5.32 Å². The van der Waals surface area contributed by atoms with E-state index in [9.17, 15) is 19.5 Å². The van der Waals surface area contributed by atoms with Crippen molar-refractivity contribution in [1.29, 1.82) is 0 Å². The van der Waals surface area contributed by atoms with Crippen molar-refractivity contribution < 1.29 is 19.5 Å². The van der Waals surface area contributed by atoms with Gasteiger partial charge in [0, 0.05) is 40.7 Å². The van der Waals surface area contributed by atoms with Crippen LogP contribution in [0, 0.1) is 11.3 Å². The normalized spacial score (nSPS) is 21.4. The molecule has 2 aromatic carbocycles. The summed E-state index contributed by atoms with van der Waals surface area (Å²) in [6.45, 7) is 9.76. The number of Topliss-reactive ketones (excluding diaryl/α,β-unsaturated/α-hetero) is 1. The van der Waals surface area contributed by atoms with Crippen molar-refractivity contribution in [2.75, 3.05) is 13.1 Å². The average Bonchev–Trinajstić information content (AvgIpc) is 2.80. The van der Waals surface area contributed by atoms with Gasteiger partial charge >= 0.3 is 0 Å². The first-order chi connectivity index (χ1) is 15.9. The topological polar surface area (TPSA) is 86.7 Å². The zero-order chi connectivity index (χ0) is 25.3. The van der Waals surface area contributed by atoms with Crippen LogP contribution in [0.15, 0.2) is 48.5 Å². The van der Waals surface area contributed by atoms with E-state index in [4.69, 9.17) is 11.6 Å². The van der Waals surface area contributed by atoms with E-state index in [1.807, 2.05) is 26.0 Å². The number of halogens is 1. The van der Waals surface area contributed by atoms with E-state index in [0.717, 1.165) is 5.56 Å². The Bertz CT molecular complexity index is 1080. The fourth-order valence-electron chi connectivity index (χ4n) is 4.57. The fourth-order valence-corrected chi connectivity index (χ4v) is 4.69. The first-order valence-corrected chi connectivity index (χ1v) is 11.9. The van der Waals surface area contributed by atoms with Crippen LogP contribution in [0.1, 0.15) is 67.3 Å². The summed E-state index contributed by atoms with van der Waals surface area (Å²) in [5, 5.41) is 15.1. The molecule has 0 aromatic heterocycles. The van der Waals surface area contributed by atoms with Crippen LogP contribution in [-0.4, -0.2) is 46.7 Å². The smallest absolute Gasteiger partial charge is 0.251 e. The predicted octanol–water partition coefficient (Wildman–Crippen LogP) is 4.44. The Morgan fingerprint density at radius 2 is 1.68 bits per heavy atom. The van der Waals surface area contributed by atoms with Gasteiger partial charge in [-0.2, -0.15) is 0 Å². The Kier molecular flexibility index (Phi) is 7.53. The zero-order valence-corrected chi connectivity index (χ0v) is 21.1. The van der Waals surface area contributed by atoms with Gasteiger partial charge in [-0.25, -0.2) is 0 Å². The van der Waals surface area contributed by atoms with Gasteiger partial charge in [-0.05, 0) is 50.1 Å². The van der Waals surface area contributed by atoms with E-state index in [1.54, 1.807) is 55.1 Å². The molecule has 0 bridgehead atoms. The van der Waals surface area contributed by atoms with Gasteiger partial charge in [0.1, 0.15) is 0 Å². The van der Waals surface area contributed by atoms with Crippen LogP contribution in [-0.2, 0) is 10.4 Å². The van der Waals surface area contributed by atoms with Gasteiger partial charge in [0.2, 0.25) is 5.91 Å². The van der Waals surface area contributed by atoms with Crippen LogP contribution < -0.4 is 5.32 Å². The highest BCUT2D eigenvalue weighted by Crippen LogP contribution is 2.46. The molecule has 3 atom stereocenters. The van der Waals surface area contributed by atoms with E-state index in [1.165, 1.54) is 6.92 Å². The maximum Gasteiger partial charge on any atom is 0.251 e. The second kappa shape index (κ2) is 9.88. The summed E-state index contributed by atoms with van der Waals surface area (Å²) in [6, 6.07) is 13.3. The van der Waals surface area contributed by atoms with Crippen molar-refractivity contribution in [3.05, 3.63) is 70.2 Å². The maximum atomic E-state index is 13.3. The number of carbonyl (C=O) groups excluding carboxylic acids is 3. The summed E-state index contributed by atoms with van der Waals surface area (Å²) in [5.41, 5.74) is -0.0392. The Hall–Kier alpha value is -2.70. The monoisotopic (exact) mass is 484 g/mol. The molecule has 0 radical (unpaired) electrons. The molecule has 182 valence electrons. The minimum atomic E-state index is -1.08. The summed E-state index contributed by atoms with van der Waals surface area (Å²) in [4.78, 5) is 39.4. The minimum absolute atomic E-state index is 0.0727. The van der Waals surface area contributed by atoms with Crippen LogP contribution >= 0.6 is 11.6 Å². The largest absolute Gasteiger partial charge is 0.384 e. The van der Waals surface area contributed by atoms with Crippen molar-refractivity contribution in [2.24, 2.45) is 11.3 Å². The van der Waals surface area contributed by atoms with Gasteiger partial charge < -0.3 is 15.3 Å². The Morgan fingerprint density at radius 3 is 2.26 bits per heavy atom. The standard InChI is InChI=1S/C27H33ClN2O4/c1-17(18(2)29-24(32)21-8-6-7-20(15-21)19(3)31)25(33)30-14-13-27(34,26(4,5)16-30)22-9-11-23(28)12-10-22/h6-12,15,17-18,34H,13-14,16H2,1-5H3,(H,29,32)/t17-,18?,27+/m1/s1. The SMILES string of the molecule is CC(=O)c1cccc(C(=O)NC(C)[C@@H](C)C(=O)N2CC[C@](O)(c3ccc(Cl)cc3)C(C)(C)C2)c1. The number of nitrogens with zero attached hydrogens (tertiary/aromatic N) is 1. The van der Waals surface area contributed by atoms with E-state index >= 15 is 0 Å². The van der Waals surface area contributed by atoms with Crippen LogP contribution in [0.2, 0.25) is 5.02 Å². The average molecular weight is 485 g/mol. The van der Waals surface area contributed by atoms with Crippen LogP contribution in [0.5, 0.6) is 0 Å². The third-order valence-electron chi connectivity index (χ3n) is 7.11. The number of aliphatic hydroxyl groups is 1. The third kappa shape index (κ3) is 5.18. The van der Waals surface area contributed by atoms with Gasteiger partial charge in [-0.1, -0.05) is 56.6 Å². The molecular weight excluding hydrogens is 452 g/mol. The van der Waals surface area contributed by atoms with Crippen molar-refractivity contribution in [2.45, 2.75) is 52.7 Å². The Morgan fingerprint density at radius 1 is 1.06 bits per heavy atom. The molecule has 7 heteroatoms. The highest BCUT2D eigenvalue weighted by Gasteiger charge is 2.50. The number of hydrogen-bond donors (Lipinski definition) is 2. The highest BCUT2D eigenvalue weighted by molar-refractivity contribution is 6.30. The maximum absolute atomic E-state index is 13.3. The summed E-state index contributed by atoms with van der Waals surface area (Å²) in [7, 11) is 0. The van der Waals surface area contributed by atoms with Crippen molar-refractivity contribution in [3.63, 3.8) is 0 Å². The van der Waals surface area contributed by atoms with Crippen molar-refractivity contribution in [1.82, 2.24) is 10.2 Å². The summed E-state index contributed by atoms with van der Waals surface area (Å²) < 4.78 is 0. The second-order valence-corrected chi connectivity index (χ2v) is 10.4. The molecule has 2 amide bonds. The lowest BCUT2D eigenvalue weighted by Crippen LogP contribution is -2.58. The third-order valence-corrected chi connectivity index (χ3v) is 7.36. The van der Waals surface area contributed by atoms with Gasteiger partial charge in [0.25, 0.3) is 5.91 Å². The van der Waals surface area contributed by atoms with Crippen LogP contribution in [0.25, 0.3) is 0 Å². The van der Waals surface area contributed by atoms with E-state index in [0.29, 0.717) is 35.7 Å². The molecule has 6 nitrogen and oxygen atoms in total. The molecule has 0 saturated carbocycles. The molecule has 2 aromatic rings. The number of benzene rings is 2. The zero-order valence-electron chi connectivity index (χ0n) is 20.4. The number of ketones is 1. The van der Waals surface area contributed by atoms with Gasteiger partial charge in [0.05, 0.1) is 11.5 Å². The quantitative estimate of drug-likeness (QED) is 0.593. The summed E-state index contributed by atoms with van der Waals surface area (Å²) >= 11 is 6.01. The van der Waals surface area contributed by atoms with Gasteiger partial charge in [-0.3, -0.25) is 14.4 Å². The fraction of sp³-hybridized carbons (Fsp3) is 0.444. The molecule has 1 aliphatic rings. The molecular formula is C27H33ClN2O4. The number of carbonyl (C=O) groups is 3. The Labute approximate surface area is 206 Å². The lowest BCUT2D eigenvalue weighted by molar-refractivity contribution is -0.156. The number of nitrogens with one attached hydrogen (secondary N) is 1. The lowest BCUT2D eigenvalue weighted by atomic mass is 9.66. The van der Waals surface area contributed by atoms with Crippen molar-refractivity contribution in [3.8, 4) is 0 Å². The number of piperidine rings is 1. The Balaban J connectivity index is 1.67. The number of hydrogen-bond acceptors (Lipinski definition) is 4. The van der Waals surface area contributed by atoms with E-state index < -0.39 is 23.0 Å². The first kappa shape index (κ1) is 25.9. The molecule has 1 aliphatic heterocycles. The number of amides is 2. The minimum Gasteiger partial charge on any atom is -0.384 e. The first-order valence-electron chi connectivity index (χ1n) is 11.5. The molecule has 1 unspecified atom stereocenters. The molecule has 1 saturated heterocycles. The summed E-state index contributed by atoms with van der Waals surface area (Å²) in [5.74, 6) is -0.974. The molecule has 0 spiro atoms. The van der Waals surface area contributed by atoms with Crippen molar-refractivity contribution >= 4 is 29.2 Å². The molecule has 1 fully saturated rings. The second-order valence-electron chi connectivity index (χ2n) is 9.95. The molecule has 3 rings (SSSR count). The van der Waals surface area contributed by atoms with E-state index in [-0.39, 0.29) is 17.6 Å². The number of likely N-dealkylation sites (tertiary alicyclic amines) is 1. The van der Waals surface area contributed by atoms with Crippen LogP contribution in [0.4, 0.5) is 0 Å². The highest BCUT2D eigenvalue weighted by atomic mass is 35.5.